The maximum atomic E-state index is 12.4. The van der Waals surface area contributed by atoms with E-state index in [1.807, 2.05) is 31.2 Å². The van der Waals surface area contributed by atoms with Crippen molar-refractivity contribution in [2.24, 2.45) is 5.92 Å². The van der Waals surface area contributed by atoms with Crippen LogP contribution in [0.1, 0.15) is 17.5 Å². The van der Waals surface area contributed by atoms with Crippen LogP contribution in [-0.2, 0) is 30.5 Å². The van der Waals surface area contributed by atoms with Crippen molar-refractivity contribution in [1.82, 2.24) is 10.2 Å². The van der Waals surface area contributed by atoms with Gasteiger partial charge in [-0.2, -0.15) is 0 Å². The summed E-state index contributed by atoms with van der Waals surface area (Å²) in [5.41, 5.74) is 2.09. The molecule has 0 aromatic heterocycles. The number of nitrogens with one attached hydrogen (secondary N) is 1. The van der Waals surface area contributed by atoms with E-state index in [-0.39, 0.29) is 25.5 Å². The smallest absolute Gasteiger partial charge is 0.311 e. The van der Waals surface area contributed by atoms with E-state index in [4.69, 9.17) is 14.2 Å². The Morgan fingerprint density at radius 3 is 2.58 bits per heavy atom. The Labute approximate surface area is 190 Å². The Kier molecular flexibility index (Phi) is 6.58. The maximum absolute atomic E-state index is 12.4. The molecule has 2 aliphatic heterocycles. The van der Waals surface area contributed by atoms with Crippen molar-refractivity contribution in [1.29, 1.82) is 0 Å². The molecule has 1 saturated heterocycles. The van der Waals surface area contributed by atoms with Gasteiger partial charge in [-0.15, -0.1) is 0 Å². The number of rotatable bonds is 6. The van der Waals surface area contributed by atoms with Crippen LogP contribution in [0.15, 0.2) is 48.5 Å². The number of fused-ring (bicyclic) bond motifs is 1. The first kappa shape index (κ1) is 22.3. The summed E-state index contributed by atoms with van der Waals surface area (Å²) in [6, 6.07) is 14.7. The quantitative estimate of drug-likeness (QED) is 0.659. The standard InChI is InChI=1S/C24H24N2O7/c1-15-6-8-16(9-7-15)11-26-12-17(10-22(26)28)24(30)32-14-21(27)25-23(29)20-13-31-18-4-2-3-5-19(18)33-20/h2-9,17,20H,10-14H2,1H3,(H,25,27,29)/t17-,20+/m0/s1. The van der Waals surface area contributed by atoms with Crippen LogP contribution in [0.4, 0.5) is 0 Å². The van der Waals surface area contributed by atoms with Gasteiger partial charge in [0.25, 0.3) is 11.8 Å². The van der Waals surface area contributed by atoms with Gasteiger partial charge in [-0.05, 0) is 24.6 Å². The molecule has 1 N–H and O–H groups in total. The van der Waals surface area contributed by atoms with Crippen LogP contribution in [0.25, 0.3) is 0 Å². The fourth-order valence-electron chi connectivity index (χ4n) is 3.65. The molecule has 0 aliphatic carbocycles. The van der Waals surface area contributed by atoms with Gasteiger partial charge in [-0.25, -0.2) is 0 Å². The monoisotopic (exact) mass is 452 g/mol. The van der Waals surface area contributed by atoms with E-state index in [0.29, 0.717) is 18.0 Å². The Bertz CT molecular complexity index is 1070. The first-order valence-corrected chi connectivity index (χ1v) is 10.6. The lowest BCUT2D eigenvalue weighted by molar-refractivity contribution is -0.153. The van der Waals surface area contributed by atoms with E-state index in [9.17, 15) is 19.2 Å². The van der Waals surface area contributed by atoms with Crippen LogP contribution in [0.5, 0.6) is 11.5 Å². The Morgan fingerprint density at radius 2 is 1.82 bits per heavy atom. The van der Waals surface area contributed by atoms with E-state index >= 15 is 0 Å². The van der Waals surface area contributed by atoms with Crippen LogP contribution < -0.4 is 14.8 Å². The molecule has 2 atom stereocenters. The van der Waals surface area contributed by atoms with E-state index in [1.165, 1.54) is 0 Å². The van der Waals surface area contributed by atoms with Gasteiger partial charge < -0.3 is 19.1 Å². The van der Waals surface area contributed by atoms with Crippen molar-refractivity contribution in [2.75, 3.05) is 19.8 Å². The number of aryl methyl sites for hydroxylation is 1. The lowest BCUT2D eigenvalue weighted by Gasteiger charge is -2.25. The van der Waals surface area contributed by atoms with Crippen LogP contribution in [-0.4, -0.2) is 54.5 Å². The van der Waals surface area contributed by atoms with E-state index in [0.717, 1.165) is 11.1 Å². The molecule has 0 radical (unpaired) electrons. The molecule has 33 heavy (non-hydrogen) atoms. The number of hydrogen-bond donors (Lipinski definition) is 1. The van der Waals surface area contributed by atoms with Crippen molar-refractivity contribution in [3.63, 3.8) is 0 Å². The molecular weight excluding hydrogens is 428 g/mol. The number of imide groups is 1. The Balaban J connectivity index is 1.21. The molecular formula is C24H24N2O7. The number of carbonyl (C=O) groups is 4. The van der Waals surface area contributed by atoms with Crippen molar-refractivity contribution >= 4 is 23.7 Å². The highest BCUT2D eigenvalue weighted by atomic mass is 16.6. The number of nitrogens with zero attached hydrogens (tertiary/aromatic N) is 1. The van der Waals surface area contributed by atoms with Crippen molar-refractivity contribution in [2.45, 2.75) is 26.0 Å². The fourth-order valence-corrected chi connectivity index (χ4v) is 3.65. The second-order valence-corrected chi connectivity index (χ2v) is 8.05. The zero-order valence-electron chi connectivity index (χ0n) is 18.1. The Hall–Kier alpha value is -3.88. The first-order chi connectivity index (χ1) is 15.9. The lowest BCUT2D eigenvalue weighted by atomic mass is 10.1. The number of esters is 1. The minimum absolute atomic E-state index is 0.0257. The van der Waals surface area contributed by atoms with Crippen LogP contribution in [0, 0.1) is 12.8 Å². The molecule has 0 spiro atoms. The van der Waals surface area contributed by atoms with Crippen LogP contribution >= 0.6 is 0 Å². The SMILES string of the molecule is Cc1ccc(CN2C[C@@H](C(=O)OCC(=O)NC(=O)[C@H]3COc4ccccc4O3)CC2=O)cc1. The number of likely N-dealkylation sites (tertiary alicyclic amines) is 1. The number of ether oxygens (including phenoxy) is 3. The Morgan fingerprint density at radius 1 is 1.09 bits per heavy atom. The predicted octanol–water partition coefficient (Wildman–Crippen LogP) is 1.37. The summed E-state index contributed by atoms with van der Waals surface area (Å²) in [5.74, 6) is -2.00. The second kappa shape index (κ2) is 9.72. The predicted molar refractivity (Wildman–Crippen MR) is 115 cm³/mol. The second-order valence-electron chi connectivity index (χ2n) is 8.05. The molecule has 9 heteroatoms. The zero-order valence-corrected chi connectivity index (χ0v) is 18.1. The van der Waals surface area contributed by atoms with Crippen LogP contribution in [0.2, 0.25) is 0 Å². The molecule has 0 bridgehead atoms. The van der Waals surface area contributed by atoms with Crippen molar-refractivity contribution in [3.05, 3.63) is 59.7 Å². The molecule has 4 rings (SSSR count). The highest BCUT2D eigenvalue weighted by Crippen LogP contribution is 2.30. The van der Waals surface area contributed by atoms with Gasteiger partial charge in [0.1, 0.15) is 6.61 Å². The molecule has 2 aliphatic rings. The molecule has 2 heterocycles. The summed E-state index contributed by atoms with van der Waals surface area (Å²) in [4.78, 5) is 50.6. The van der Waals surface area contributed by atoms with Crippen molar-refractivity contribution in [3.8, 4) is 11.5 Å². The molecule has 0 saturated carbocycles. The fraction of sp³-hybridized carbons (Fsp3) is 0.333. The lowest BCUT2D eigenvalue weighted by Crippen LogP contribution is -2.47. The number of para-hydroxylation sites is 2. The largest absolute Gasteiger partial charge is 0.485 e. The van der Waals surface area contributed by atoms with Gasteiger partial charge in [-0.3, -0.25) is 24.5 Å². The molecule has 3 amide bonds. The summed E-state index contributed by atoms with van der Waals surface area (Å²) in [6.07, 6.45) is -0.972. The van der Waals surface area contributed by atoms with E-state index < -0.39 is 36.4 Å². The average Bonchev–Trinajstić information content (AvgIpc) is 3.18. The maximum Gasteiger partial charge on any atom is 0.311 e. The molecule has 172 valence electrons. The molecule has 1 fully saturated rings. The minimum atomic E-state index is -0.998. The van der Waals surface area contributed by atoms with Gasteiger partial charge in [-0.1, -0.05) is 42.0 Å². The van der Waals surface area contributed by atoms with Gasteiger partial charge in [0, 0.05) is 19.5 Å². The highest BCUT2D eigenvalue weighted by molar-refractivity contribution is 5.99. The van der Waals surface area contributed by atoms with Crippen molar-refractivity contribution < 1.29 is 33.4 Å². The van der Waals surface area contributed by atoms with E-state index in [2.05, 4.69) is 5.32 Å². The summed E-state index contributed by atoms with van der Waals surface area (Å²) < 4.78 is 16.0. The van der Waals surface area contributed by atoms with Gasteiger partial charge in [0.2, 0.25) is 12.0 Å². The third-order valence-electron chi connectivity index (χ3n) is 5.45. The minimum Gasteiger partial charge on any atom is -0.485 e. The first-order valence-electron chi connectivity index (χ1n) is 10.6. The highest BCUT2D eigenvalue weighted by Gasteiger charge is 2.36. The third-order valence-corrected chi connectivity index (χ3v) is 5.45. The summed E-state index contributed by atoms with van der Waals surface area (Å²) in [5, 5.41) is 2.14. The summed E-state index contributed by atoms with van der Waals surface area (Å²) in [6.45, 7) is 1.94. The number of benzene rings is 2. The molecule has 2 aromatic rings. The zero-order chi connectivity index (χ0) is 23.4. The molecule has 0 unspecified atom stereocenters. The third kappa shape index (κ3) is 5.49. The number of amides is 3. The van der Waals surface area contributed by atoms with Gasteiger partial charge in [0.05, 0.1) is 5.92 Å². The topological polar surface area (TPSA) is 111 Å². The van der Waals surface area contributed by atoms with E-state index in [1.54, 1.807) is 29.2 Å². The van der Waals surface area contributed by atoms with Gasteiger partial charge >= 0.3 is 5.97 Å². The van der Waals surface area contributed by atoms with Gasteiger partial charge in [0.15, 0.2) is 18.1 Å². The number of hydrogen-bond acceptors (Lipinski definition) is 7. The molecule has 9 nitrogen and oxygen atoms in total. The van der Waals surface area contributed by atoms with Crippen LogP contribution in [0.3, 0.4) is 0 Å². The summed E-state index contributed by atoms with van der Waals surface area (Å²) in [7, 11) is 0. The average molecular weight is 452 g/mol. The number of carbonyl (C=O) groups excluding carboxylic acids is 4. The molecule has 2 aromatic carbocycles. The summed E-state index contributed by atoms with van der Waals surface area (Å²) >= 11 is 0. The normalized spacial score (nSPS) is 19.2.